The lowest BCUT2D eigenvalue weighted by atomic mass is 10.3. The van der Waals surface area contributed by atoms with E-state index in [0.717, 1.165) is 0 Å². The van der Waals surface area contributed by atoms with Crippen molar-refractivity contribution < 1.29 is 18.3 Å². The van der Waals surface area contributed by atoms with Gasteiger partial charge in [-0.1, -0.05) is 12.1 Å². The lowest BCUT2D eigenvalue weighted by molar-refractivity contribution is -0.140. The quantitative estimate of drug-likeness (QED) is 0.729. The number of sulfonamides is 1. The minimum absolute atomic E-state index is 0.0556. The van der Waals surface area contributed by atoms with E-state index in [1.807, 2.05) is 0 Å². The van der Waals surface area contributed by atoms with Gasteiger partial charge in [-0.25, -0.2) is 8.42 Å². The Labute approximate surface area is 105 Å². The third kappa shape index (κ3) is 2.19. The molecule has 0 aromatic heterocycles. The van der Waals surface area contributed by atoms with Crippen molar-refractivity contribution in [3.63, 3.8) is 0 Å². The molecule has 1 aromatic rings. The van der Waals surface area contributed by atoms with Gasteiger partial charge >= 0.3 is 5.97 Å². The molecule has 3 N–H and O–H groups in total. The molecule has 1 aliphatic rings. The Kier molecular flexibility index (Phi) is 3.04. The normalized spacial score (nSPS) is 17.2. The summed E-state index contributed by atoms with van der Waals surface area (Å²) in [5, 5.41) is 11.8. The molecule has 0 unspecified atom stereocenters. The van der Waals surface area contributed by atoms with Crippen molar-refractivity contribution >= 4 is 21.7 Å². The van der Waals surface area contributed by atoms with Gasteiger partial charge in [0.25, 0.3) is 0 Å². The van der Waals surface area contributed by atoms with E-state index in [4.69, 9.17) is 5.11 Å². The van der Waals surface area contributed by atoms with Crippen LogP contribution in [0.2, 0.25) is 0 Å². The zero-order valence-corrected chi connectivity index (χ0v) is 10.6. The van der Waals surface area contributed by atoms with Crippen LogP contribution < -0.4 is 10.0 Å². The minimum Gasteiger partial charge on any atom is -0.480 e. The molecule has 1 fully saturated rings. The first-order chi connectivity index (χ1) is 8.41. The second-order valence-electron chi connectivity index (χ2n) is 4.24. The number of hydrogen-bond acceptors (Lipinski definition) is 4. The number of benzene rings is 1. The van der Waals surface area contributed by atoms with Crippen LogP contribution >= 0.6 is 0 Å². The number of anilines is 1. The topological polar surface area (TPSA) is 95.5 Å². The predicted molar refractivity (Wildman–Crippen MR) is 65.9 cm³/mol. The second-order valence-corrected chi connectivity index (χ2v) is 5.89. The Hall–Kier alpha value is -1.60. The predicted octanol–water partition coefficient (Wildman–Crippen LogP) is 0.624. The Morgan fingerprint density at radius 2 is 1.94 bits per heavy atom. The van der Waals surface area contributed by atoms with Crippen LogP contribution in [0.15, 0.2) is 29.2 Å². The van der Waals surface area contributed by atoms with Gasteiger partial charge < -0.3 is 10.4 Å². The van der Waals surface area contributed by atoms with E-state index >= 15 is 0 Å². The van der Waals surface area contributed by atoms with Gasteiger partial charge in [0.15, 0.2) is 0 Å². The first-order valence-electron chi connectivity index (χ1n) is 5.45. The highest BCUT2D eigenvalue weighted by Crippen LogP contribution is 2.37. The standard InChI is InChI=1S/C11H14N2O4S/c1-12-8-4-2-3-5-9(8)18(16,17)13-11(6-7-11)10(14)15/h2-5,12-13H,6-7H2,1H3,(H,14,15). The molecular weight excluding hydrogens is 256 g/mol. The smallest absolute Gasteiger partial charge is 0.324 e. The van der Waals surface area contributed by atoms with Gasteiger partial charge in [0, 0.05) is 7.05 Å². The maximum atomic E-state index is 12.2. The van der Waals surface area contributed by atoms with E-state index in [-0.39, 0.29) is 4.90 Å². The molecule has 6 nitrogen and oxygen atoms in total. The first kappa shape index (κ1) is 12.8. The molecule has 1 aromatic carbocycles. The van der Waals surface area contributed by atoms with Crippen molar-refractivity contribution in [2.24, 2.45) is 0 Å². The fourth-order valence-electron chi connectivity index (χ4n) is 1.70. The molecule has 0 heterocycles. The van der Waals surface area contributed by atoms with Crippen LogP contribution in [0.25, 0.3) is 0 Å². The van der Waals surface area contributed by atoms with Crippen molar-refractivity contribution in [3.05, 3.63) is 24.3 Å². The molecule has 0 atom stereocenters. The zero-order valence-electron chi connectivity index (χ0n) is 9.80. The molecular formula is C11H14N2O4S. The van der Waals surface area contributed by atoms with Crippen LogP contribution in [0, 0.1) is 0 Å². The summed E-state index contributed by atoms with van der Waals surface area (Å²) < 4.78 is 26.6. The summed E-state index contributed by atoms with van der Waals surface area (Å²) in [5.41, 5.74) is -0.883. The lowest BCUT2D eigenvalue weighted by Crippen LogP contribution is -2.43. The largest absolute Gasteiger partial charge is 0.480 e. The average molecular weight is 270 g/mol. The van der Waals surface area contributed by atoms with E-state index in [0.29, 0.717) is 18.5 Å². The van der Waals surface area contributed by atoms with E-state index in [1.165, 1.54) is 6.07 Å². The summed E-state index contributed by atoms with van der Waals surface area (Å²) in [6, 6.07) is 6.35. The van der Waals surface area contributed by atoms with Crippen molar-refractivity contribution in [1.82, 2.24) is 4.72 Å². The summed E-state index contributed by atoms with van der Waals surface area (Å²) in [5.74, 6) is -1.13. The summed E-state index contributed by atoms with van der Waals surface area (Å²) in [4.78, 5) is 11.1. The van der Waals surface area contributed by atoms with Crippen LogP contribution in [0.5, 0.6) is 0 Å². The molecule has 7 heteroatoms. The third-order valence-corrected chi connectivity index (χ3v) is 4.53. The number of hydrogen-bond donors (Lipinski definition) is 3. The average Bonchev–Trinajstić information content (AvgIpc) is 3.09. The second kappa shape index (κ2) is 4.25. The first-order valence-corrected chi connectivity index (χ1v) is 6.94. The van der Waals surface area contributed by atoms with Gasteiger partial charge in [0.05, 0.1) is 5.69 Å². The van der Waals surface area contributed by atoms with Crippen molar-refractivity contribution in [1.29, 1.82) is 0 Å². The Bertz CT molecular complexity index is 578. The number of aliphatic carboxylic acids is 1. The summed E-state index contributed by atoms with van der Waals surface area (Å²) in [6.07, 6.45) is 0.645. The summed E-state index contributed by atoms with van der Waals surface area (Å²) in [7, 11) is -2.23. The maximum Gasteiger partial charge on any atom is 0.324 e. The number of carboxylic acid groups (broad SMARTS) is 1. The number of rotatable bonds is 5. The molecule has 98 valence electrons. The van der Waals surface area contributed by atoms with Crippen LogP contribution in [0.4, 0.5) is 5.69 Å². The Morgan fingerprint density at radius 3 is 2.44 bits per heavy atom. The summed E-state index contributed by atoms with van der Waals surface area (Å²) in [6.45, 7) is 0. The van der Waals surface area contributed by atoms with Crippen LogP contribution in [-0.2, 0) is 14.8 Å². The van der Waals surface area contributed by atoms with Crippen LogP contribution in [0.3, 0.4) is 0 Å². The number of carboxylic acids is 1. The van der Waals surface area contributed by atoms with E-state index in [9.17, 15) is 13.2 Å². The van der Waals surface area contributed by atoms with Gasteiger partial charge in [-0.3, -0.25) is 4.79 Å². The van der Waals surface area contributed by atoms with Gasteiger partial charge in [0.2, 0.25) is 10.0 Å². The summed E-state index contributed by atoms with van der Waals surface area (Å²) >= 11 is 0. The molecule has 0 radical (unpaired) electrons. The van der Waals surface area contributed by atoms with E-state index in [2.05, 4.69) is 10.0 Å². The molecule has 0 aliphatic heterocycles. The minimum atomic E-state index is -3.84. The monoisotopic (exact) mass is 270 g/mol. The Balaban J connectivity index is 2.35. The number of carbonyl (C=O) groups is 1. The van der Waals surface area contributed by atoms with Gasteiger partial charge in [-0.15, -0.1) is 0 Å². The fraction of sp³-hybridized carbons (Fsp3) is 0.364. The molecule has 2 rings (SSSR count). The van der Waals surface area contributed by atoms with E-state index in [1.54, 1.807) is 25.2 Å². The van der Waals surface area contributed by atoms with Gasteiger partial charge in [0.1, 0.15) is 10.4 Å². The molecule has 0 saturated heterocycles. The molecule has 18 heavy (non-hydrogen) atoms. The highest BCUT2D eigenvalue weighted by atomic mass is 32.2. The highest BCUT2D eigenvalue weighted by Gasteiger charge is 2.53. The van der Waals surface area contributed by atoms with Crippen LogP contribution in [0.1, 0.15) is 12.8 Å². The van der Waals surface area contributed by atoms with Crippen molar-refractivity contribution in [3.8, 4) is 0 Å². The molecule has 1 aliphatic carbocycles. The van der Waals surface area contributed by atoms with Crippen LogP contribution in [-0.4, -0.2) is 32.1 Å². The molecule has 0 bridgehead atoms. The maximum absolute atomic E-state index is 12.2. The zero-order chi connectivity index (χ0) is 13.4. The SMILES string of the molecule is CNc1ccccc1S(=O)(=O)NC1(C(=O)O)CC1. The fourth-order valence-corrected chi connectivity index (χ4v) is 3.34. The molecule has 0 amide bonds. The van der Waals surface area contributed by atoms with E-state index < -0.39 is 21.5 Å². The lowest BCUT2D eigenvalue weighted by Gasteiger charge is -2.15. The molecule has 1 saturated carbocycles. The van der Waals surface area contributed by atoms with Gasteiger partial charge in [-0.2, -0.15) is 4.72 Å². The Morgan fingerprint density at radius 1 is 1.33 bits per heavy atom. The van der Waals surface area contributed by atoms with Crippen molar-refractivity contribution in [2.75, 3.05) is 12.4 Å². The third-order valence-electron chi connectivity index (χ3n) is 2.94. The number of nitrogens with one attached hydrogen (secondary N) is 2. The highest BCUT2D eigenvalue weighted by molar-refractivity contribution is 7.89. The van der Waals surface area contributed by atoms with Crippen molar-refractivity contribution in [2.45, 2.75) is 23.3 Å². The number of para-hydroxylation sites is 1. The molecule has 0 spiro atoms. The van der Waals surface area contributed by atoms with Gasteiger partial charge in [-0.05, 0) is 25.0 Å².